The molecule has 0 spiro atoms. The van der Waals surface area contributed by atoms with Gasteiger partial charge in [-0.15, -0.1) is 0 Å². The van der Waals surface area contributed by atoms with Gasteiger partial charge in [0.25, 0.3) is 0 Å². The first-order valence-electron chi connectivity index (χ1n) is 12.3. The van der Waals surface area contributed by atoms with Crippen LogP contribution in [0.3, 0.4) is 0 Å². The van der Waals surface area contributed by atoms with Gasteiger partial charge in [0.15, 0.2) is 0 Å². The second-order valence-electron chi connectivity index (χ2n) is 10.6. The molecule has 1 saturated heterocycles. The zero-order valence-corrected chi connectivity index (χ0v) is 18.9. The first-order valence-corrected chi connectivity index (χ1v) is 12.3. The van der Waals surface area contributed by atoms with E-state index >= 15 is 0 Å². The van der Waals surface area contributed by atoms with E-state index in [2.05, 4.69) is 4.90 Å². The summed E-state index contributed by atoms with van der Waals surface area (Å²) in [4.78, 5) is 30.2. The standard InChI is InChI=1S/C26H36N2O3/c1-19-5-2-3-6-23(19)31-12-4-7-24(29)27-8-10-28(11-9-27)25(30)26-16-20-13-21(17-26)15-22(14-20)18-26/h2-3,5-6,20-22H,4,7-18H2,1H3. The fraction of sp³-hybridized carbons (Fsp3) is 0.692. The number of amides is 2. The third-order valence-electron chi connectivity index (χ3n) is 8.30. The van der Waals surface area contributed by atoms with Crippen molar-refractivity contribution in [1.29, 1.82) is 0 Å². The molecule has 0 atom stereocenters. The Bertz CT molecular complexity index is 792. The van der Waals surface area contributed by atoms with Gasteiger partial charge in [0.1, 0.15) is 5.75 Å². The van der Waals surface area contributed by atoms with Crippen LogP contribution in [0.1, 0.15) is 56.9 Å². The van der Waals surface area contributed by atoms with Crippen molar-refractivity contribution in [3.05, 3.63) is 29.8 Å². The molecule has 5 fully saturated rings. The molecule has 4 bridgehead atoms. The average molecular weight is 425 g/mol. The summed E-state index contributed by atoms with van der Waals surface area (Å²) in [5, 5.41) is 0. The highest BCUT2D eigenvalue weighted by atomic mass is 16.5. The van der Waals surface area contributed by atoms with Crippen molar-refractivity contribution in [2.75, 3.05) is 32.8 Å². The van der Waals surface area contributed by atoms with Crippen molar-refractivity contribution in [3.8, 4) is 5.75 Å². The second kappa shape index (κ2) is 8.48. The topological polar surface area (TPSA) is 49.9 Å². The molecule has 5 aliphatic rings. The first kappa shape index (κ1) is 20.8. The van der Waals surface area contributed by atoms with Crippen molar-refractivity contribution in [3.63, 3.8) is 0 Å². The van der Waals surface area contributed by atoms with Crippen LogP contribution >= 0.6 is 0 Å². The molecule has 0 aromatic heterocycles. The Morgan fingerprint density at radius 1 is 0.935 bits per heavy atom. The lowest BCUT2D eigenvalue weighted by Gasteiger charge is -2.57. The van der Waals surface area contributed by atoms with E-state index in [9.17, 15) is 9.59 Å². The maximum atomic E-state index is 13.5. The van der Waals surface area contributed by atoms with Gasteiger partial charge in [-0.25, -0.2) is 0 Å². The lowest BCUT2D eigenvalue weighted by Crippen LogP contribution is -2.58. The number of para-hydroxylation sites is 1. The minimum atomic E-state index is -0.0617. The number of hydrogen-bond donors (Lipinski definition) is 0. The van der Waals surface area contributed by atoms with E-state index in [1.807, 2.05) is 36.1 Å². The molecule has 5 heteroatoms. The molecule has 0 N–H and O–H groups in total. The fourth-order valence-corrected chi connectivity index (χ4v) is 7.15. The van der Waals surface area contributed by atoms with Crippen molar-refractivity contribution in [1.82, 2.24) is 9.80 Å². The molecule has 6 rings (SSSR count). The van der Waals surface area contributed by atoms with Crippen LogP contribution in [0.5, 0.6) is 5.75 Å². The molecular weight excluding hydrogens is 388 g/mol. The van der Waals surface area contributed by atoms with Crippen LogP contribution in [0.4, 0.5) is 0 Å². The molecule has 4 aliphatic carbocycles. The number of piperazine rings is 1. The van der Waals surface area contributed by atoms with Gasteiger partial charge < -0.3 is 14.5 Å². The molecule has 1 heterocycles. The van der Waals surface area contributed by atoms with E-state index in [0.717, 1.165) is 54.7 Å². The molecule has 0 unspecified atom stereocenters. The maximum absolute atomic E-state index is 13.5. The summed E-state index contributed by atoms with van der Waals surface area (Å²) in [5.74, 6) is 3.87. The van der Waals surface area contributed by atoms with Gasteiger partial charge in [-0.2, -0.15) is 0 Å². The highest BCUT2D eigenvalue weighted by Gasteiger charge is 2.55. The second-order valence-corrected chi connectivity index (χ2v) is 10.6. The summed E-state index contributed by atoms with van der Waals surface area (Å²) in [5.41, 5.74) is 1.06. The number of carbonyl (C=O) groups excluding carboxylic acids is 2. The molecule has 168 valence electrons. The van der Waals surface area contributed by atoms with Crippen molar-refractivity contribution in [2.24, 2.45) is 23.2 Å². The molecule has 1 aromatic carbocycles. The number of ether oxygens (including phenoxy) is 1. The van der Waals surface area contributed by atoms with Crippen LogP contribution in [-0.4, -0.2) is 54.4 Å². The van der Waals surface area contributed by atoms with E-state index in [-0.39, 0.29) is 11.3 Å². The van der Waals surface area contributed by atoms with Crippen LogP contribution in [0.25, 0.3) is 0 Å². The molecule has 0 radical (unpaired) electrons. The number of rotatable bonds is 6. The average Bonchev–Trinajstić information content (AvgIpc) is 2.76. The molecule has 2 amide bonds. The monoisotopic (exact) mass is 424 g/mol. The number of hydrogen-bond acceptors (Lipinski definition) is 3. The SMILES string of the molecule is Cc1ccccc1OCCCC(=O)N1CCN(C(=O)C23CC4CC(CC(C4)C2)C3)CC1. The summed E-state index contributed by atoms with van der Waals surface area (Å²) in [6.45, 7) is 5.34. The maximum Gasteiger partial charge on any atom is 0.228 e. The molecule has 1 aromatic rings. The Labute approximate surface area is 186 Å². The Morgan fingerprint density at radius 3 is 2.13 bits per heavy atom. The zero-order chi connectivity index (χ0) is 21.4. The van der Waals surface area contributed by atoms with Gasteiger partial charge in [0, 0.05) is 32.6 Å². The molecule has 31 heavy (non-hydrogen) atoms. The van der Waals surface area contributed by atoms with Gasteiger partial charge in [0.2, 0.25) is 11.8 Å². The normalized spacial score (nSPS) is 31.7. The van der Waals surface area contributed by atoms with E-state index in [1.54, 1.807) is 0 Å². The predicted molar refractivity (Wildman–Crippen MR) is 120 cm³/mol. The summed E-state index contributed by atoms with van der Waals surface area (Å²) in [7, 11) is 0. The Kier molecular flexibility index (Phi) is 5.70. The van der Waals surface area contributed by atoms with E-state index < -0.39 is 0 Å². The van der Waals surface area contributed by atoms with Gasteiger partial charge in [0.05, 0.1) is 12.0 Å². The van der Waals surface area contributed by atoms with E-state index in [4.69, 9.17) is 4.74 Å². The van der Waals surface area contributed by atoms with E-state index in [1.165, 1.54) is 19.3 Å². The largest absolute Gasteiger partial charge is 0.493 e. The predicted octanol–water partition coefficient (Wildman–Crippen LogP) is 4.04. The number of nitrogens with zero attached hydrogens (tertiary/aromatic N) is 2. The van der Waals surface area contributed by atoms with Crippen LogP contribution in [0.2, 0.25) is 0 Å². The van der Waals surface area contributed by atoms with Gasteiger partial charge in [-0.1, -0.05) is 18.2 Å². The first-order chi connectivity index (χ1) is 15.0. The molecular formula is C26H36N2O3. The quantitative estimate of drug-likeness (QED) is 0.648. The number of aryl methyl sites for hydroxylation is 1. The Morgan fingerprint density at radius 2 is 1.52 bits per heavy atom. The minimum absolute atomic E-state index is 0.0617. The fourth-order valence-electron chi connectivity index (χ4n) is 7.15. The summed E-state index contributed by atoms with van der Waals surface area (Å²) < 4.78 is 5.82. The van der Waals surface area contributed by atoms with Gasteiger partial charge >= 0.3 is 0 Å². The zero-order valence-electron chi connectivity index (χ0n) is 18.9. The van der Waals surface area contributed by atoms with Crippen LogP contribution in [0, 0.1) is 30.1 Å². The highest BCUT2D eigenvalue weighted by Crippen LogP contribution is 2.60. The summed E-state index contributed by atoms with van der Waals surface area (Å²) >= 11 is 0. The third-order valence-corrected chi connectivity index (χ3v) is 8.30. The smallest absolute Gasteiger partial charge is 0.228 e. The lowest BCUT2D eigenvalue weighted by molar-refractivity contribution is -0.160. The number of benzene rings is 1. The molecule has 4 saturated carbocycles. The summed E-state index contributed by atoms with van der Waals surface area (Å²) in [6.07, 6.45) is 8.69. The number of carbonyl (C=O) groups is 2. The Hall–Kier alpha value is -2.04. The Balaban J connectivity index is 1.07. The van der Waals surface area contributed by atoms with Crippen LogP contribution < -0.4 is 4.74 Å². The highest BCUT2D eigenvalue weighted by molar-refractivity contribution is 5.84. The van der Waals surface area contributed by atoms with Crippen LogP contribution in [0.15, 0.2) is 24.3 Å². The molecule has 5 nitrogen and oxygen atoms in total. The minimum Gasteiger partial charge on any atom is -0.493 e. The summed E-state index contributed by atoms with van der Waals surface area (Å²) in [6, 6.07) is 7.97. The van der Waals surface area contributed by atoms with Gasteiger partial charge in [-0.05, 0) is 81.3 Å². The van der Waals surface area contributed by atoms with Crippen molar-refractivity contribution >= 4 is 11.8 Å². The van der Waals surface area contributed by atoms with E-state index in [0.29, 0.717) is 45.1 Å². The molecule has 1 aliphatic heterocycles. The van der Waals surface area contributed by atoms with Crippen LogP contribution in [-0.2, 0) is 9.59 Å². The third kappa shape index (κ3) is 4.20. The van der Waals surface area contributed by atoms with Crippen molar-refractivity contribution in [2.45, 2.75) is 58.3 Å². The van der Waals surface area contributed by atoms with Crippen molar-refractivity contribution < 1.29 is 14.3 Å². The van der Waals surface area contributed by atoms with Gasteiger partial charge in [-0.3, -0.25) is 9.59 Å². The lowest BCUT2D eigenvalue weighted by atomic mass is 9.49.